The van der Waals surface area contributed by atoms with Crippen molar-refractivity contribution in [3.8, 4) is 16.5 Å². The second kappa shape index (κ2) is 7.23. The van der Waals surface area contributed by atoms with Crippen LogP contribution in [-0.2, 0) is 0 Å². The van der Waals surface area contributed by atoms with E-state index in [0.29, 0.717) is 6.04 Å². The molecule has 1 atom stereocenters. The SMILES string of the molecule is CCCNC(CC)c1ccc(-c2ccc(C#N)s2)cc1. The molecule has 2 nitrogen and oxygen atoms in total. The molecule has 0 saturated heterocycles. The van der Waals surface area contributed by atoms with Crippen LogP contribution in [0.2, 0.25) is 0 Å². The van der Waals surface area contributed by atoms with Gasteiger partial charge in [-0.3, -0.25) is 0 Å². The molecule has 1 N–H and O–H groups in total. The van der Waals surface area contributed by atoms with E-state index in [4.69, 9.17) is 5.26 Å². The third-order valence-electron chi connectivity index (χ3n) is 3.36. The number of hydrogen-bond acceptors (Lipinski definition) is 3. The quantitative estimate of drug-likeness (QED) is 0.831. The lowest BCUT2D eigenvalue weighted by Crippen LogP contribution is -2.21. The van der Waals surface area contributed by atoms with Crippen molar-refractivity contribution >= 4 is 11.3 Å². The zero-order valence-corrected chi connectivity index (χ0v) is 12.8. The first-order valence-electron chi connectivity index (χ1n) is 7.12. The number of nitriles is 1. The maximum atomic E-state index is 8.88. The van der Waals surface area contributed by atoms with Crippen LogP contribution in [0.15, 0.2) is 36.4 Å². The molecular formula is C17H20N2S. The lowest BCUT2D eigenvalue weighted by atomic mass is 10.0. The fraction of sp³-hybridized carbons (Fsp3) is 0.353. The van der Waals surface area contributed by atoms with Gasteiger partial charge in [0.15, 0.2) is 0 Å². The van der Waals surface area contributed by atoms with Gasteiger partial charge in [0.05, 0.1) is 0 Å². The third-order valence-corrected chi connectivity index (χ3v) is 4.40. The molecule has 0 bridgehead atoms. The number of hydrogen-bond donors (Lipinski definition) is 1. The standard InChI is InChI=1S/C17H20N2S/c1-3-11-19-16(4-2)13-5-7-14(8-6-13)17-10-9-15(12-18)20-17/h5-10,16,19H,3-4,11H2,1-2H3. The summed E-state index contributed by atoms with van der Waals surface area (Å²) >= 11 is 1.54. The summed E-state index contributed by atoms with van der Waals surface area (Å²) in [6.07, 6.45) is 2.25. The molecule has 0 saturated carbocycles. The van der Waals surface area contributed by atoms with Crippen LogP contribution in [0.25, 0.3) is 10.4 Å². The predicted molar refractivity (Wildman–Crippen MR) is 85.8 cm³/mol. The predicted octanol–water partition coefficient (Wildman–Crippen LogP) is 4.74. The molecule has 0 aliphatic carbocycles. The van der Waals surface area contributed by atoms with E-state index in [-0.39, 0.29) is 0 Å². The lowest BCUT2D eigenvalue weighted by molar-refractivity contribution is 0.518. The van der Waals surface area contributed by atoms with E-state index in [2.05, 4.69) is 49.5 Å². The molecule has 0 aliphatic rings. The van der Waals surface area contributed by atoms with Gasteiger partial charge in [-0.05, 0) is 42.6 Å². The Bertz CT molecular complexity index is 578. The van der Waals surface area contributed by atoms with E-state index < -0.39 is 0 Å². The average Bonchev–Trinajstić information content (AvgIpc) is 2.97. The zero-order chi connectivity index (χ0) is 14.4. The number of nitrogens with one attached hydrogen (secondary N) is 1. The van der Waals surface area contributed by atoms with Crippen molar-refractivity contribution < 1.29 is 0 Å². The van der Waals surface area contributed by atoms with Gasteiger partial charge in [-0.25, -0.2) is 0 Å². The summed E-state index contributed by atoms with van der Waals surface area (Å²) in [6, 6.07) is 15.2. The van der Waals surface area contributed by atoms with Crippen molar-refractivity contribution in [2.45, 2.75) is 32.7 Å². The van der Waals surface area contributed by atoms with Crippen LogP contribution < -0.4 is 5.32 Å². The second-order valence-electron chi connectivity index (χ2n) is 4.81. The summed E-state index contributed by atoms with van der Waals surface area (Å²) in [4.78, 5) is 1.92. The molecule has 0 radical (unpaired) electrons. The molecule has 1 aromatic carbocycles. The summed E-state index contributed by atoms with van der Waals surface area (Å²) in [5, 5.41) is 12.4. The van der Waals surface area contributed by atoms with Gasteiger partial charge in [0.2, 0.25) is 0 Å². The van der Waals surface area contributed by atoms with E-state index in [1.807, 2.05) is 12.1 Å². The lowest BCUT2D eigenvalue weighted by Gasteiger charge is -2.17. The van der Waals surface area contributed by atoms with Gasteiger partial charge in [-0.2, -0.15) is 5.26 Å². The molecule has 2 aromatic rings. The molecule has 0 amide bonds. The van der Waals surface area contributed by atoms with Crippen molar-refractivity contribution in [2.75, 3.05) is 6.54 Å². The van der Waals surface area contributed by atoms with Crippen molar-refractivity contribution in [2.24, 2.45) is 0 Å². The molecule has 20 heavy (non-hydrogen) atoms. The Balaban J connectivity index is 2.14. The van der Waals surface area contributed by atoms with Crippen LogP contribution in [0.5, 0.6) is 0 Å². The highest BCUT2D eigenvalue weighted by molar-refractivity contribution is 7.16. The Labute approximate surface area is 125 Å². The molecule has 3 heteroatoms. The Morgan fingerprint density at radius 1 is 1.15 bits per heavy atom. The summed E-state index contributed by atoms with van der Waals surface area (Å²) < 4.78 is 0. The minimum Gasteiger partial charge on any atom is -0.310 e. The Kier molecular flexibility index (Phi) is 5.34. The van der Waals surface area contributed by atoms with Crippen LogP contribution in [0.3, 0.4) is 0 Å². The average molecular weight is 284 g/mol. The number of rotatable bonds is 6. The fourth-order valence-electron chi connectivity index (χ4n) is 2.25. The van der Waals surface area contributed by atoms with Crippen LogP contribution in [-0.4, -0.2) is 6.54 Å². The first kappa shape index (κ1) is 14.8. The highest BCUT2D eigenvalue weighted by Crippen LogP contribution is 2.29. The molecular weight excluding hydrogens is 264 g/mol. The second-order valence-corrected chi connectivity index (χ2v) is 5.90. The van der Waals surface area contributed by atoms with Gasteiger partial charge >= 0.3 is 0 Å². The maximum absolute atomic E-state index is 8.88. The molecule has 0 fully saturated rings. The molecule has 0 aliphatic heterocycles. The topological polar surface area (TPSA) is 35.8 Å². The van der Waals surface area contributed by atoms with Gasteiger partial charge in [-0.1, -0.05) is 38.1 Å². The van der Waals surface area contributed by atoms with Gasteiger partial charge in [-0.15, -0.1) is 11.3 Å². The van der Waals surface area contributed by atoms with E-state index in [1.165, 1.54) is 11.1 Å². The minimum atomic E-state index is 0.432. The van der Waals surface area contributed by atoms with Crippen LogP contribution >= 0.6 is 11.3 Å². The molecule has 1 aromatic heterocycles. The van der Waals surface area contributed by atoms with Gasteiger partial charge < -0.3 is 5.32 Å². The maximum Gasteiger partial charge on any atom is 0.110 e. The summed E-state index contributed by atoms with van der Waals surface area (Å²) in [5.41, 5.74) is 2.52. The van der Waals surface area contributed by atoms with E-state index in [0.717, 1.165) is 29.1 Å². The monoisotopic (exact) mass is 284 g/mol. The largest absolute Gasteiger partial charge is 0.310 e. The van der Waals surface area contributed by atoms with E-state index in [1.54, 1.807) is 11.3 Å². The molecule has 2 rings (SSSR count). The molecule has 1 heterocycles. The van der Waals surface area contributed by atoms with E-state index in [9.17, 15) is 0 Å². The smallest absolute Gasteiger partial charge is 0.110 e. The number of thiophene rings is 1. The van der Waals surface area contributed by atoms with Crippen molar-refractivity contribution in [3.05, 3.63) is 46.8 Å². The minimum absolute atomic E-state index is 0.432. The van der Waals surface area contributed by atoms with Crippen molar-refractivity contribution in [3.63, 3.8) is 0 Å². The zero-order valence-electron chi connectivity index (χ0n) is 12.0. The molecule has 0 spiro atoms. The Hall–Kier alpha value is -1.63. The summed E-state index contributed by atoms with van der Waals surface area (Å²) in [6.45, 7) is 5.45. The Morgan fingerprint density at radius 3 is 2.45 bits per heavy atom. The van der Waals surface area contributed by atoms with Crippen molar-refractivity contribution in [1.29, 1.82) is 5.26 Å². The van der Waals surface area contributed by atoms with Gasteiger partial charge in [0, 0.05) is 10.9 Å². The number of benzene rings is 1. The summed E-state index contributed by atoms with van der Waals surface area (Å²) in [5.74, 6) is 0. The fourth-order valence-corrected chi connectivity index (χ4v) is 3.06. The summed E-state index contributed by atoms with van der Waals surface area (Å²) in [7, 11) is 0. The van der Waals surface area contributed by atoms with E-state index >= 15 is 0 Å². The van der Waals surface area contributed by atoms with Gasteiger partial charge in [0.25, 0.3) is 0 Å². The normalized spacial score (nSPS) is 12.1. The van der Waals surface area contributed by atoms with Gasteiger partial charge in [0.1, 0.15) is 10.9 Å². The highest BCUT2D eigenvalue weighted by Gasteiger charge is 2.08. The highest BCUT2D eigenvalue weighted by atomic mass is 32.1. The van der Waals surface area contributed by atoms with Crippen LogP contribution in [0.4, 0.5) is 0 Å². The Morgan fingerprint density at radius 2 is 1.90 bits per heavy atom. The first-order valence-corrected chi connectivity index (χ1v) is 7.93. The first-order chi connectivity index (χ1) is 9.78. The molecule has 104 valence electrons. The van der Waals surface area contributed by atoms with Crippen LogP contribution in [0, 0.1) is 11.3 Å². The number of nitrogens with zero attached hydrogens (tertiary/aromatic N) is 1. The van der Waals surface area contributed by atoms with Crippen LogP contribution in [0.1, 0.15) is 43.2 Å². The van der Waals surface area contributed by atoms with Crippen molar-refractivity contribution in [1.82, 2.24) is 5.32 Å². The third kappa shape index (κ3) is 3.47. The molecule has 1 unspecified atom stereocenters.